The molecule has 0 saturated carbocycles. The van der Waals surface area contributed by atoms with Crippen LogP contribution in [0.5, 0.6) is 0 Å². The van der Waals surface area contributed by atoms with Gasteiger partial charge in [-0.2, -0.15) is 0 Å². The van der Waals surface area contributed by atoms with E-state index in [4.69, 9.17) is 4.74 Å². The average molecular weight is 317 g/mol. The Morgan fingerprint density at radius 1 is 1.35 bits per heavy atom. The smallest absolute Gasteiger partial charge is 0.408 e. The Labute approximate surface area is 133 Å². The predicted octanol–water partition coefficient (Wildman–Crippen LogP) is 1.83. The number of amides is 1. The van der Waals surface area contributed by atoms with Crippen molar-refractivity contribution in [3.63, 3.8) is 0 Å². The molecule has 0 aliphatic rings. The van der Waals surface area contributed by atoms with Crippen LogP contribution in [-0.4, -0.2) is 32.8 Å². The topological polar surface area (TPSA) is 93.5 Å². The highest BCUT2D eigenvalue weighted by Gasteiger charge is 2.22. The van der Waals surface area contributed by atoms with E-state index in [0.717, 1.165) is 11.3 Å². The Morgan fingerprint density at radius 2 is 2.09 bits per heavy atom. The lowest BCUT2D eigenvalue weighted by Crippen LogP contribution is -2.42. The van der Waals surface area contributed by atoms with Crippen molar-refractivity contribution in [2.45, 2.75) is 32.5 Å². The van der Waals surface area contributed by atoms with Gasteiger partial charge in [0.05, 0.1) is 6.33 Å². The molecule has 2 rings (SSSR count). The number of nitrogens with zero attached hydrogens (tertiary/aromatic N) is 2. The number of carbonyl (C=O) groups excluding carboxylic acids is 1. The van der Waals surface area contributed by atoms with Crippen LogP contribution in [0.4, 0.5) is 4.79 Å². The van der Waals surface area contributed by atoms with E-state index in [1.807, 2.05) is 41.8 Å². The highest BCUT2D eigenvalue weighted by molar-refractivity contribution is 5.80. The van der Waals surface area contributed by atoms with E-state index in [1.54, 1.807) is 12.5 Å². The second kappa shape index (κ2) is 7.98. The van der Waals surface area contributed by atoms with Gasteiger partial charge < -0.3 is 19.7 Å². The molecular weight excluding hydrogens is 298 g/mol. The number of aryl methyl sites for hydroxylation is 1. The number of carbonyl (C=O) groups is 2. The van der Waals surface area contributed by atoms with Crippen LogP contribution < -0.4 is 5.32 Å². The molecule has 0 bridgehead atoms. The molecule has 7 heteroatoms. The number of carboxylic acid groups (broad SMARTS) is 1. The van der Waals surface area contributed by atoms with E-state index >= 15 is 0 Å². The molecule has 2 aromatic rings. The van der Waals surface area contributed by atoms with Crippen LogP contribution in [-0.2, 0) is 29.1 Å². The largest absolute Gasteiger partial charge is 0.480 e. The number of ether oxygens (including phenoxy) is 1. The Bertz CT molecular complexity index is 654. The van der Waals surface area contributed by atoms with Gasteiger partial charge in [0.15, 0.2) is 0 Å². The molecule has 2 N–H and O–H groups in total. The van der Waals surface area contributed by atoms with E-state index in [9.17, 15) is 14.7 Å². The van der Waals surface area contributed by atoms with Crippen LogP contribution in [0.15, 0.2) is 42.9 Å². The second-order valence-electron chi connectivity index (χ2n) is 4.97. The van der Waals surface area contributed by atoms with Gasteiger partial charge in [-0.1, -0.05) is 30.3 Å². The minimum absolute atomic E-state index is 0.0892. The predicted molar refractivity (Wildman–Crippen MR) is 82.8 cm³/mol. The summed E-state index contributed by atoms with van der Waals surface area (Å²) in [4.78, 5) is 27.1. The molecule has 0 spiro atoms. The fraction of sp³-hybridized carbons (Fsp3) is 0.312. The summed E-state index contributed by atoms with van der Waals surface area (Å²) in [7, 11) is 0. The van der Waals surface area contributed by atoms with Crippen molar-refractivity contribution in [1.29, 1.82) is 0 Å². The highest BCUT2D eigenvalue weighted by atomic mass is 16.5. The zero-order chi connectivity index (χ0) is 16.7. The first kappa shape index (κ1) is 16.5. The monoisotopic (exact) mass is 317 g/mol. The van der Waals surface area contributed by atoms with Gasteiger partial charge in [-0.3, -0.25) is 0 Å². The highest BCUT2D eigenvalue weighted by Crippen LogP contribution is 2.05. The number of aromatic nitrogens is 2. The van der Waals surface area contributed by atoms with E-state index in [1.165, 1.54) is 0 Å². The first-order valence-electron chi connectivity index (χ1n) is 7.29. The summed E-state index contributed by atoms with van der Waals surface area (Å²) in [5, 5.41) is 11.6. The van der Waals surface area contributed by atoms with Gasteiger partial charge in [-0.15, -0.1) is 0 Å². The third-order valence-corrected chi connectivity index (χ3v) is 3.36. The summed E-state index contributed by atoms with van der Waals surface area (Å²) in [5.74, 6) is -1.12. The minimum Gasteiger partial charge on any atom is -0.480 e. The maximum absolute atomic E-state index is 11.8. The first-order chi connectivity index (χ1) is 11.1. The average Bonchev–Trinajstić information content (AvgIpc) is 3.00. The first-order valence-corrected chi connectivity index (χ1v) is 7.29. The number of hydrogen-bond donors (Lipinski definition) is 2. The zero-order valence-corrected chi connectivity index (χ0v) is 12.8. The van der Waals surface area contributed by atoms with Gasteiger partial charge in [0, 0.05) is 24.9 Å². The number of alkyl carbamates (subject to hydrolysis) is 1. The molecule has 1 heterocycles. The van der Waals surface area contributed by atoms with E-state index in [-0.39, 0.29) is 13.0 Å². The maximum atomic E-state index is 11.8. The second-order valence-corrected chi connectivity index (χ2v) is 4.97. The summed E-state index contributed by atoms with van der Waals surface area (Å²) in [5.41, 5.74) is 1.57. The van der Waals surface area contributed by atoms with Crippen molar-refractivity contribution < 1.29 is 19.4 Å². The van der Waals surface area contributed by atoms with Crippen molar-refractivity contribution in [3.8, 4) is 0 Å². The number of benzene rings is 1. The lowest BCUT2D eigenvalue weighted by atomic mass is 10.1. The normalized spacial score (nSPS) is 11.7. The fourth-order valence-electron chi connectivity index (χ4n) is 2.12. The van der Waals surface area contributed by atoms with Crippen LogP contribution in [0.2, 0.25) is 0 Å². The number of carboxylic acids is 1. The molecule has 23 heavy (non-hydrogen) atoms. The summed E-state index contributed by atoms with van der Waals surface area (Å²) < 4.78 is 6.87. The number of rotatable bonds is 7. The number of nitrogens with one attached hydrogen (secondary N) is 1. The van der Waals surface area contributed by atoms with Gasteiger partial charge in [-0.25, -0.2) is 14.6 Å². The van der Waals surface area contributed by atoms with Crippen LogP contribution in [0.1, 0.15) is 18.2 Å². The molecule has 1 atom stereocenters. The lowest BCUT2D eigenvalue weighted by molar-refractivity contribution is -0.139. The fourth-order valence-corrected chi connectivity index (χ4v) is 2.12. The quantitative estimate of drug-likeness (QED) is 0.812. The Hall–Kier alpha value is -2.83. The zero-order valence-electron chi connectivity index (χ0n) is 12.8. The van der Waals surface area contributed by atoms with E-state index in [2.05, 4.69) is 10.3 Å². The van der Waals surface area contributed by atoms with E-state index < -0.39 is 18.1 Å². The molecule has 7 nitrogen and oxygen atoms in total. The van der Waals surface area contributed by atoms with Crippen LogP contribution >= 0.6 is 0 Å². The summed E-state index contributed by atoms with van der Waals surface area (Å²) in [6.07, 6.45) is 2.60. The molecule has 1 aromatic heterocycles. The Morgan fingerprint density at radius 3 is 2.74 bits per heavy atom. The summed E-state index contributed by atoms with van der Waals surface area (Å²) in [6.45, 7) is 2.70. The molecule has 0 aliphatic carbocycles. The molecule has 0 radical (unpaired) electrons. The maximum Gasteiger partial charge on any atom is 0.408 e. The van der Waals surface area contributed by atoms with Gasteiger partial charge in [0.2, 0.25) is 0 Å². The minimum atomic E-state index is -1.12. The van der Waals surface area contributed by atoms with E-state index in [0.29, 0.717) is 6.54 Å². The Balaban J connectivity index is 1.91. The molecule has 0 aliphatic heterocycles. The molecule has 1 amide bonds. The molecular formula is C16H19N3O4. The van der Waals surface area contributed by atoms with Gasteiger partial charge in [0.25, 0.3) is 0 Å². The van der Waals surface area contributed by atoms with Crippen molar-refractivity contribution in [2.24, 2.45) is 0 Å². The standard InChI is InChI=1S/C16H19N3O4/c1-2-19-11-17-9-13(19)8-14(15(20)21)18-16(22)23-10-12-6-4-3-5-7-12/h3-7,9,11,14H,2,8,10H2,1H3,(H,18,22)(H,20,21). The van der Waals surface area contributed by atoms with Gasteiger partial charge in [-0.05, 0) is 12.5 Å². The lowest BCUT2D eigenvalue weighted by Gasteiger charge is -2.15. The van der Waals surface area contributed by atoms with Crippen molar-refractivity contribution in [1.82, 2.24) is 14.9 Å². The number of hydrogen-bond acceptors (Lipinski definition) is 4. The van der Waals surface area contributed by atoms with Gasteiger partial charge in [0.1, 0.15) is 12.6 Å². The SMILES string of the molecule is CCn1cncc1CC(NC(=O)OCc1ccccc1)C(=O)O. The molecule has 1 aromatic carbocycles. The van der Waals surface area contributed by atoms with Crippen molar-refractivity contribution in [3.05, 3.63) is 54.1 Å². The third-order valence-electron chi connectivity index (χ3n) is 3.36. The molecule has 0 saturated heterocycles. The van der Waals surface area contributed by atoms with Crippen LogP contribution in [0, 0.1) is 0 Å². The van der Waals surface area contributed by atoms with Crippen molar-refractivity contribution >= 4 is 12.1 Å². The number of imidazole rings is 1. The third kappa shape index (κ3) is 4.84. The molecule has 0 fully saturated rings. The molecule has 1 unspecified atom stereocenters. The molecule has 122 valence electrons. The van der Waals surface area contributed by atoms with Crippen LogP contribution in [0.3, 0.4) is 0 Å². The Kier molecular flexibility index (Phi) is 5.74. The summed E-state index contributed by atoms with van der Waals surface area (Å²) >= 11 is 0. The van der Waals surface area contributed by atoms with Gasteiger partial charge >= 0.3 is 12.1 Å². The number of aliphatic carboxylic acids is 1. The summed E-state index contributed by atoms with van der Waals surface area (Å²) in [6, 6.07) is 8.11. The van der Waals surface area contributed by atoms with Crippen molar-refractivity contribution in [2.75, 3.05) is 0 Å². The van der Waals surface area contributed by atoms with Crippen LogP contribution in [0.25, 0.3) is 0 Å².